The van der Waals surface area contributed by atoms with Gasteiger partial charge in [0.25, 0.3) is 0 Å². The van der Waals surface area contributed by atoms with Crippen molar-refractivity contribution >= 4 is 11.6 Å². The molecule has 10 nitrogen and oxygen atoms in total. The smallest absolute Gasteiger partial charge is 0.227 e. The van der Waals surface area contributed by atoms with Crippen LogP contribution < -0.4 is 20.1 Å². The van der Waals surface area contributed by atoms with Crippen molar-refractivity contribution in [2.24, 2.45) is 0 Å². The second kappa shape index (κ2) is 11.1. The number of aromatic nitrogens is 5. The van der Waals surface area contributed by atoms with Crippen molar-refractivity contribution in [3.63, 3.8) is 0 Å². The van der Waals surface area contributed by atoms with Crippen LogP contribution in [-0.2, 0) is 13.1 Å². The Morgan fingerprint density at radius 1 is 1.11 bits per heavy atom. The molecule has 5 rings (SSSR count). The van der Waals surface area contributed by atoms with Crippen LogP contribution in [0.5, 0.6) is 11.5 Å². The number of hydrogen-bond acceptors (Lipinski definition) is 9. The maximum atomic E-state index is 9.54. The van der Waals surface area contributed by atoms with Crippen LogP contribution in [0.4, 0.5) is 11.6 Å². The van der Waals surface area contributed by atoms with Gasteiger partial charge in [-0.25, -0.2) is 19.6 Å². The number of methoxy groups -OCH3 is 1. The first-order valence-corrected chi connectivity index (χ1v) is 12.1. The van der Waals surface area contributed by atoms with Gasteiger partial charge < -0.3 is 20.1 Å². The van der Waals surface area contributed by atoms with Crippen LogP contribution in [0.2, 0.25) is 0 Å². The highest BCUT2D eigenvalue weighted by Gasteiger charge is 2.20. The fraction of sp³-hybridized carbons (Fsp3) is 0.296. The zero-order chi connectivity index (χ0) is 25.6. The largest absolute Gasteiger partial charge is 0.495 e. The maximum absolute atomic E-state index is 9.54. The zero-order valence-corrected chi connectivity index (χ0v) is 20.8. The monoisotopic (exact) mass is 496 g/mol. The Morgan fingerprint density at radius 2 is 1.95 bits per heavy atom. The Labute approximate surface area is 215 Å². The average molecular weight is 497 g/mol. The van der Waals surface area contributed by atoms with Crippen molar-refractivity contribution in [3.8, 4) is 28.7 Å². The molecule has 2 aromatic carbocycles. The van der Waals surface area contributed by atoms with Gasteiger partial charge in [-0.2, -0.15) is 10.4 Å². The Balaban J connectivity index is 1.28. The van der Waals surface area contributed by atoms with Crippen molar-refractivity contribution in [1.82, 2.24) is 30.0 Å². The SMILES string of the molecule is COc1cc(CNC2CC2)ccc1Nc1ncc(-c2ccc(C#N)c(OC(C)Cn3cncn3)c2)cn1. The van der Waals surface area contributed by atoms with Gasteiger partial charge in [0.15, 0.2) is 0 Å². The van der Waals surface area contributed by atoms with E-state index < -0.39 is 0 Å². The predicted molar refractivity (Wildman–Crippen MR) is 138 cm³/mol. The summed E-state index contributed by atoms with van der Waals surface area (Å²) >= 11 is 0. The molecule has 0 radical (unpaired) electrons. The molecule has 4 aromatic rings. The van der Waals surface area contributed by atoms with Crippen LogP contribution in [0.25, 0.3) is 11.1 Å². The molecular formula is C27H28N8O2. The van der Waals surface area contributed by atoms with E-state index in [0.717, 1.165) is 29.1 Å². The molecule has 0 spiro atoms. The standard InChI is InChI=1S/C27H28N8O2/c1-18(15-35-17-29-16-33-35)37-25-10-20(4-5-21(25)11-28)22-13-31-27(32-14-22)34-24-8-3-19(9-26(24)36-2)12-30-23-6-7-23/h3-5,8-10,13-14,16-18,23,30H,6-7,12,15H2,1-2H3,(H,31,32,34). The van der Waals surface area contributed by atoms with Crippen molar-refractivity contribution in [3.05, 3.63) is 72.6 Å². The molecule has 2 heterocycles. The summed E-state index contributed by atoms with van der Waals surface area (Å²) in [5.74, 6) is 1.69. The third kappa shape index (κ3) is 6.20. The summed E-state index contributed by atoms with van der Waals surface area (Å²) in [6.45, 7) is 3.26. The zero-order valence-electron chi connectivity index (χ0n) is 20.8. The molecule has 10 heteroatoms. The number of rotatable bonds is 11. The molecule has 188 valence electrons. The molecule has 1 fully saturated rings. The highest BCUT2D eigenvalue weighted by atomic mass is 16.5. The summed E-state index contributed by atoms with van der Waals surface area (Å²) in [6, 6.07) is 14.3. The van der Waals surface area contributed by atoms with Crippen molar-refractivity contribution in [2.75, 3.05) is 12.4 Å². The van der Waals surface area contributed by atoms with E-state index in [1.165, 1.54) is 24.7 Å². The first-order valence-electron chi connectivity index (χ1n) is 12.1. The quantitative estimate of drug-likeness (QED) is 0.316. The predicted octanol–water partition coefficient (Wildman–Crippen LogP) is 4.08. The molecular weight excluding hydrogens is 468 g/mol. The van der Waals surface area contributed by atoms with Crippen LogP contribution in [0, 0.1) is 11.3 Å². The number of nitriles is 1. The highest BCUT2D eigenvalue weighted by Crippen LogP contribution is 2.30. The lowest BCUT2D eigenvalue weighted by atomic mass is 10.1. The molecule has 0 bridgehead atoms. The van der Waals surface area contributed by atoms with Gasteiger partial charge in [-0.1, -0.05) is 12.1 Å². The summed E-state index contributed by atoms with van der Waals surface area (Å²) in [5.41, 5.74) is 4.06. The Morgan fingerprint density at radius 3 is 2.65 bits per heavy atom. The van der Waals surface area contributed by atoms with Gasteiger partial charge in [0.2, 0.25) is 5.95 Å². The summed E-state index contributed by atoms with van der Waals surface area (Å²) in [7, 11) is 1.65. The van der Waals surface area contributed by atoms with Crippen LogP contribution in [0.1, 0.15) is 30.9 Å². The number of ether oxygens (including phenoxy) is 2. The fourth-order valence-electron chi connectivity index (χ4n) is 3.90. The normalized spacial score (nSPS) is 13.5. The summed E-state index contributed by atoms with van der Waals surface area (Å²) in [4.78, 5) is 12.9. The van der Waals surface area contributed by atoms with Crippen molar-refractivity contribution < 1.29 is 9.47 Å². The van der Waals surface area contributed by atoms with Gasteiger partial charge in [0.05, 0.1) is 24.9 Å². The number of anilines is 2. The second-order valence-electron chi connectivity index (χ2n) is 8.98. The van der Waals surface area contributed by atoms with Gasteiger partial charge in [-0.15, -0.1) is 0 Å². The molecule has 37 heavy (non-hydrogen) atoms. The molecule has 1 saturated carbocycles. The molecule has 1 aliphatic rings. The van der Waals surface area contributed by atoms with Gasteiger partial charge in [0, 0.05) is 30.5 Å². The molecule has 0 aliphatic heterocycles. The van der Waals surface area contributed by atoms with E-state index in [1.807, 2.05) is 31.2 Å². The van der Waals surface area contributed by atoms with E-state index in [4.69, 9.17) is 9.47 Å². The number of nitrogens with zero attached hydrogens (tertiary/aromatic N) is 6. The molecule has 1 atom stereocenters. The topological polar surface area (TPSA) is 123 Å². The number of nitrogens with one attached hydrogen (secondary N) is 2. The van der Waals surface area contributed by atoms with Crippen LogP contribution in [0.3, 0.4) is 0 Å². The third-order valence-electron chi connectivity index (χ3n) is 6.01. The maximum Gasteiger partial charge on any atom is 0.227 e. The van der Waals surface area contributed by atoms with Gasteiger partial charge in [0.1, 0.15) is 36.3 Å². The minimum atomic E-state index is -0.210. The first kappa shape index (κ1) is 24.2. The minimum absolute atomic E-state index is 0.210. The molecule has 1 unspecified atom stereocenters. The Hall–Kier alpha value is -4.49. The minimum Gasteiger partial charge on any atom is -0.495 e. The second-order valence-corrected chi connectivity index (χ2v) is 8.98. The molecule has 2 aromatic heterocycles. The summed E-state index contributed by atoms with van der Waals surface area (Å²) in [6.07, 6.45) is 8.88. The molecule has 0 saturated heterocycles. The van der Waals surface area contributed by atoms with E-state index in [0.29, 0.717) is 29.8 Å². The van der Waals surface area contributed by atoms with Gasteiger partial charge >= 0.3 is 0 Å². The highest BCUT2D eigenvalue weighted by molar-refractivity contribution is 5.68. The van der Waals surface area contributed by atoms with E-state index in [1.54, 1.807) is 36.6 Å². The molecule has 0 amide bonds. The third-order valence-corrected chi connectivity index (χ3v) is 6.01. The Bertz CT molecular complexity index is 1380. The molecule has 1 aliphatic carbocycles. The van der Waals surface area contributed by atoms with Crippen molar-refractivity contribution in [1.29, 1.82) is 5.26 Å². The molecule has 2 N–H and O–H groups in total. The van der Waals surface area contributed by atoms with Crippen LogP contribution in [0.15, 0.2) is 61.4 Å². The van der Waals surface area contributed by atoms with Crippen LogP contribution in [-0.4, -0.2) is 44.0 Å². The Kier molecular flexibility index (Phi) is 7.23. The fourth-order valence-corrected chi connectivity index (χ4v) is 3.90. The van der Waals surface area contributed by atoms with E-state index in [9.17, 15) is 5.26 Å². The number of hydrogen-bond donors (Lipinski definition) is 2. The number of benzene rings is 2. The first-order chi connectivity index (χ1) is 18.1. The lowest BCUT2D eigenvalue weighted by Crippen LogP contribution is -2.20. The van der Waals surface area contributed by atoms with Gasteiger partial charge in [-0.3, -0.25) is 0 Å². The summed E-state index contributed by atoms with van der Waals surface area (Å²) < 4.78 is 13.3. The van der Waals surface area contributed by atoms with E-state index in [-0.39, 0.29) is 6.10 Å². The van der Waals surface area contributed by atoms with E-state index >= 15 is 0 Å². The lowest BCUT2D eigenvalue weighted by molar-refractivity contribution is 0.193. The van der Waals surface area contributed by atoms with Crippen molar-refractivity contribution in [2.45, 2.75) is 45.0 Å². The average Bonchev–Trinajstić information content (AvgIpc) is 3.62. The van der Waals surface area contributed by atoms with Crippen LogP contribution >= 0.6 is 0 Å². The van der Waals surface area contributed by atoms with Gasteiger partial charge in [-0.05, 0) is 55.2 Å². The lowest BCUT2D eigenvalue weighted by Gasteiger charge is -2.16. The van der Waals surface area contributed by atoms with E-state index in [2.05, 4.69) is 42.8 Å². The summed E-state index contributed by atoms with van der Waals surface area (Å²) in [5, 5.41) is 20.4.